The highest BCUT2D eigenvalue weighted by Crippen LogP contribution is 2.24. The molecule has 1 amide bonds. The standard InChI is InChI=1S/C24H25ClN4O4S/c1-4-12-29-21(14-33-20-11-8-18(25)13-16(20)3)27-28-24(29)34-15-22(30)26-19-9-6-17(7-10-19)23(31)32-5-2/h4,6-11,13H,1,5,12,14-15H2,2-3H3,(H,26,30). The highest BCUT2D eigenvalue weighted by atomic mass is 35.5. The molecule has 2 aromatic carbocycles. The summed E-state index contributed by atoms with van der Waals surface area (Å²) in [6, 6.07) is 11.9. The molecule has 34 heavy (non-hydrogen) atoms. The molecule has 0 saturated heterocycles. The van der Waals surface area contributed by atoms with Crippen molar-refractivity contribution >= 4 is 40.9 Å². The molecule has 0 saturated carbocycles. The van der Waals surface area contributed by atoms with E-state index in [1.807, 2.05) is 23.6 Å². The summed E-state index contributed by atoms with van der Waals surface area (Å²) in [5, 5.41) is 12.5. The first-order chi connectivity index (χ1) is 16.4. The molecular formula is C24H25ClN4O4S. The maximum atomic E-state index is 12.4. The summed E-state index contributed by atoms with van der Waals surface area (Å²) in [5.41, 5.74) is 1.93. The largest absolute Gasteiger partial charge is 0.485 e. The Bertz CT molecular complexity index is 1160. The third kappa shape index (κ3) is 6.85. The number of rotatable bonds is 11. The van der Waals surface area contributed by atoms with Gasteiger partial charge in [-0.15, -0.1) is 16.8 Å². The predicted octanol–water partition coefficient (Wildman–Crippen LogP) is 4.91. The van der Waals surface area contributed by atoms with Crippen molar-refractivity contribution in [2.24, 2.45) is 0 Å². The molecule has 0 spiro atoms. The molecule has 0 fully saturated rings. The number of carbonyl (C=O) groups is 2. The average molecular weight is 501 g/mol. The number of carbonyl (C=O) groups excluding carboxylic acids is 2. The van der Waals surface area contributed by atoms with Crippen molar-refractivity contribution in [1.82, 2.24) is 14.8 Å². The number of amides is 1. The molecule has 3 rings (SSSR count). The zero-order valence-electron chi connectivity index (χ0n) is 18.9. The summed E-state index contributed by atoms with van der Waals surface area (Å²) in [5.74, 6) is 0.846. The van der Waals surface area contributed by atoms with Gasteiger partial charge in [-0.1, -0.05) is 29.4 Å². The quantitative estimate of drug-likeness (QED) is 0.227. The van der Waals surface area contributed by atoms with Crippen LogP contribution in [0, 0.1) is 6.92 Å². The number of thioether (sulfide) groups is 1. The van der Waals surface area contributed by atoms with Gasteiger partial charge in [-0.25, -0.2) is 4.79 Å². The number of nitrogens with zero attached hydrogens (tertiary/aromatic N) is 3. The SMILES string of the molecule is C=CCn1c(COc2ccc(Cl)cc2C)nnc1SCC(=O)Nc1ccc(C(=O)OCC)cc1. The highest BCUT2D eigenvalue weighted by molar-refractivity contribution is 7.99. The molecule has 10 heteroatoms. The second kappa shape index (κ2) is 12.2. The van der Waals surface area contributed by atoms with Crippen LogP contribution in [0.2, 0.25) is 5.02 Å². The predicted molar refractivity (Wildman–Crippen MR) is 132 cm³/mol. The molecule has 0 aliphatic rings. The number of nitrogens with one attached hydrogen (secondary N) is 1. The Morgan fingerprint density at radius 3 is 2.65 bits per heavy atom. The van der Waals surface area contributed by atoms with Crippen molar-refractivity contribution in [3.05, 3.63) is 77.1 Å². The number of esters is 1. The van der Waals surface area contributed by atoms with E-state index in [0.29, 0.717) is 46.2 Å². The monoisotopic (exact) mass is 500 g/mol. The number of aryl methyl sites for hydroxylation is 1. The van der Waals surface area contributed by atoms with E-state index in [4.69, 9.17) is 21.1 Å². The number of halogens is 1. The van der Waals surface area contributed by atoms with Crippen LogP contribution >= 0.6 is 23.4 Å². The summed E-state index contributed by atoms with van der Waals surface area (Å²) >= 11 is 7.26. The number of hydrogen-bond acceptors (Lipinski definition) is 7. The van der Waals surface area contributed by atoms with Crippen LogP contribution < -0.4 is 10.1 Å². The molecule has 0 bridgehead atoms. The first-order valence-electron chi connectivity index (χ1n) is 10.5. The average Bonchev–Trinajstić information content (AvgIpc) is 3.19. The molecule has 3 aromatic rings. The van der Waals surface area contributed by atoms with Crippen LogP contribution in [-0.2, 0) is 22.7 Å². The van der Waals surface area contributed by atoms with E-state index in [1.54, 1.807) is 43.3 Å². The normalized spacial score (nSPS) is 10.6. The number of anilines is 1. The molecule has 0 radical (unpaired) electrons. The van der Waals surface area contributed by atoms with Crippen molar-refractivity contribution < 1.29 is 19.1 Å². The van der Waals surface area contributed by atoms with Crippen molar-refractivity contribution in [3.8, 4) is 5.75 Å². The molecule has 0 unspecified atom stereocenters. The van der Waals surface area contributed by atoms with E-state index >= 15 is 0 Å². The van der Waals surface area contributed by atoms with Gasteiger partial charge in [0.05, 0.1) is 17.9 Å². The zero-order chi connectivity index (χ0) is 24.5. The molecule has 0 aliphatic carbocycles. The van der Waals surface area contributed by atoms with Gasteiger partial charge in [-0.2, -0.15) is 0 Å². The summed E-state index contributed by atoms with van der Waals surface area (Å²) in [4.78, 5) is 24.2. The number of hydrogen-bond donors (Lipinski definition) is 1. The Hall–Kier alpha value is -3.30. The van der Waals surface area contributed by atoms with E-state index < -0.39 is 5.97 Å². The van der Waals surface area contributed by atoms with Crippen molar-refractivity contribution in [2.45, 2.75) is 32.2 Å². The van der Waals surface area contributed by atoms with Crippen LogP contribution in [0.25, 0.3) is 0 Å². The van der Waals surface area contributed by atoms with E-state index in [0.717, 1.165) is 5.56 Å². The van der Waals surface area contributed by atoms with Crippen LogP contribution in [0.4, 0.5) is 5.69 Å². The zero-order valence-corrected chi connectivity index (χ0v) is 20.5. The van der Waals surface area contributed by atoms with Crippen LogP contribution in [0.5, 0.6) is 5.75 Å². The maximum absolute atomic E-state index is 12.4. The van der Waals surface area contributed by atoms with E-state index in [1.165, 1.54) is 11.8 Å². The molecule has 0 aliphatic heterocycles. The fourth-order valence-electron chi connectivity index (χ4n) is 2.99. The number of benzene rings is 2. The highest BCUT2D eigenvalue weighted by Gasteiger charge is 2.15. The Morgan fingerprint density at radius 1 is 1.21 bits per heavy atom. The van der Waals surface area contributed by atoms with Gasteiger partial charge in [0.2, 0.25) is 5.91 Å². The first-order valence-corrected chi connectivity index (χ1v) is 11.9. The van der Waals surface area contributed by atoms with Crippen LogP contribution in [-0.4, -0.2) is 39.0 Å². The summed E-state index contributed by atoms with van der Waals surface area (Å²) in [6.45, 7) is 8.45. The minimum Gasteiger partial charge on any atom is -0.485 e. The Kier molecular flexibility index (Phi) is 9.12. The van der Waals surface area contributed by atoms with Crippen LogP contribution in [0.15, 0.2) is 60.3 Å². The van der Waals surface area contributed by atoms with Crippen LogP contribution in [0.1, 0.15) is 28.7 Å². The lowest BCUT2D eigenvalue weighted by atomic mass is 10.2. The minimum atomic E-state index is -0.400. The number of ether oxygens (including phenoxy) is 2. The van der Waals surface area contributed by atoms with Gasteiger partial charge in [-0.3, -0.25) is 9.36 Å². The fourth-order valence-corrected chi connectivity index (χ4v) is 3.99. The van der Waals surface area contributed by atoms with Gasteiger partial charge < -0.3 is 14.8 Å². The second-order valence-electron chi connectivity index (χ2n) is 7.13. The summed E-state index contributed by atoms with van der Waals surface area (Å²) < 4.78 is 12.7. The topological polar surface area (TPSA) is 95.3 Å². The van der Waals surface area contributed by atoms with E-state index in [9.17, 15) is 9.59 Å². The lowest BCUT2D eigenvalue weighted by molar-refractivity contribution is -0.113. The van der Waals surface area contributed by atoms with E-state index in [2.05, 4.69) is 22.1 Å². The van der Waals surface area contributed by atoms with E-state index in [-0.39, 0.29) is 18.3 Å². The summed E-state index contributed by atoms with van der Waals surface area (Å²) in [7, 11) is 0. The number of allylic oxidation sites excluding steroid dienone is 1. The van der Waals surface area contributed by atoms with Crippen LogP contribution in [0.3, 0.4) is 0 Å². The Labute approximate surface area is 207 Å². The molecule has 178 valence electrons. The van der Waals surface area contributed by atoms with Gasteiger partial charge in [-0.05, 0) is 61.9 Å². The van der Waals surface area contributed by atoms with Gasteiger partial charge in [0.1, 0.15) is 12.4 Å². The molecule has 8 nitrogen and oxygen atoms in total. The first kappa shape index (κ1) is 25.3. The lowest BCUT2D eigenvalue weighted by Gasteiger charge is -2.11. The number of aromatic nitrogens is 3. The third-order valence-electron chi connectivity index (χ3n) is 4.61. The second-order valence-corrected chi connectivity index (χ2v) is 8.51. The minimum absolute atomic E-state index is 0.131. The Morgan fingerprint density at radius 2 is 1.97 bits per heavy atom. The molecular weight excluding hydrogens is 476 g/mol. The lowest BCUT2D eigenvalue weighted by Crippen LogP contribution is -2.15. The molecule has 1 N–H and O–H groups in total. The van der Waals surface area contributed by atoms with Crippen molar-refractivity contribution in [3.63, 3.8) is 0 Å². The maximum Gasteiger partial charge on any atom is 0.338 e. The molecule has 0 atom stereocenters. The Balaban J connectivity index is 1.58. The summed E-state index contributed by atoms with van der Waals surface area (Å²) in [6.07, 6.45) is 1.73. The van der Waals surface area contributed by atoms with Gasteiger partial charge in [0.15, 0.2) is 11.0 Å². The van der Waals surface area contributed by atoms with Gasteiger partial charge >= 0.3 is 5.97 Å². The smallest absolute Gasteiger partial charge is 0.338 e. The van der Waals surface area contributed by atoms with Crippen molar-refractivity contribution in [2.75, 3.05) is 17.7 Å². The van der Waals surface area contributed by atoms with Crippen molar-refractivity contribution in [1.29, 1.82) is 0 Å². The van der Waals surface area contributed by atoms with Gasteiger partial charge in [0, 0.05) is 17.3 Å². The van der Waals surface area contributed by atoms with Gasteiger partial charge in [0.25, 0.3) is 0 Å². The fraction of sp³-hybridized carbons (Fsp3) is 0.250. The molecule has 1 aromatic heterocycles. The molecule has 1 heterocycles. The third-order valence-corrected chi connectivity index (χ3v) is 5.81.